The van der Waals surface area contributed by atoms with Gasteiger partial charge in [0.1, 0.15) is 0 Å². The molecule has 0 aromatic carbocycles. The van der Waals surface area contributed by atoms with Gasteiger partial charge in [0.25, 0.3) is 0 Å². The average Bonchev–Trinajstić information content (AvgIpc) is 2.57. The molecule has 0 saturated carbocycles. The van der Waals surface area contributed by atoms with Crippen molar-refractivity contribution in [3.8, 4) is 0 Å². The number of unbranched alkanes of at least 4 members (excludes halogenated alkanes) is 8. The van der Waals surface area contributed by atoms with E-state index in [-0.39, 0.29) is 5.97 Å². The SMILES string of the molecule is CCOC(=O)CCCCCCCCCCC[N+](CC)(CC)CC. The molecule has 0 amide bonds. The minimum Gasteiger partial charge on any atom is -0.466 e. The number of esters is 1. The summed E-state index contributed by atoms with van der Waals surface area (Å²) in [7, 11) is 0. The molecule has 0 spiro atoms. The van der Waals surface area contributed by atoms with E-state index in [1.54, 1.807) is 0 Å². The maximum absolute atomic E-state index is 11.2. The fourth-order valence-electron chi connectivity index (χ4n) is 3.33. The molecule has 0 aliphatic rings. The minimum atomic E-state index is -0.0341. The summed E-state index contributed by atoms with van der Waals surface area (Å²) < 4.78 is 6.22. The fourth-order valence-corrected chi connectivity index (χ4v) is 3.33. The van der Waals surface area contributed by atoms with Crippen molar-refractivity contribution in [2.75, 3.05) is 32.8 Å². The zero-order chi connectivity index (χ0) is 17.4. The van der Waals surface area contributed by atoms with Crippen molar-refractivity contribution >= 4 is 5.97 Å². The third-order valence-electron chi connectivity index (χ3n) is 5.33. The highest BCUT2D eigenvalue weighted by atomic mass is 16.5. The Morgan fingerprint density at radius 2 is 1.13 bits per heavy atom. The van der Waals surface area contributed by atoms with E-state index >= 15 is 0 Å². The van der Waals surface area contributed by atoms with Crippen LogP contribution in [0.15, 0.2) is 0 Å². The first-order valence-electron chi connectivity index (χ1n) is 10.1. The number of carbonyl (C=O) groups is 1. The molecule has 0 N–H and O–H groups in total. The second-order valence-electron chi connectivity index (χ2n) is 6.75. The average molecular weight is 329 g/mol. The quantitative estimate of drug-likeness (QED) is 0.217. The maximum Gasteiger partial charge on any atom is 0.305 e. The van der Waals surface area contributed by atoms with Gasteiger partial charge in [-0.15, -0.1) is 0 Å². The molecule has 0 bridgehead atoms. The molecular formula is C20H42NO2+. The van der Waals surface area contributed by atoms with E-state index in [0.29, 0.717) is 13.0 Å². The summed E-state index contributed by atoms with van der Waals surface area (Å²) in [6.45, 7) is 14.5. The Kier molecular flexibility index (Phi) is 14.6. The summed E-state index contributed by atoms with van der Waals surface area (Å²) in [6, 6.07) is 0. The molecule has 0 radical (unpaired) electrons. The summed E-state index contributed by atoms with van der Waals surface area (Å²) in [6.07, 6.45) is 12.2. The Balaban J connectivity index is 3.35. The van der Waals surface area contributed by atoms with E-state index in [1.807, 2.05) is 6.92 Å². The molecule has 0 saturated heterocycles. The number of rotatable bonds is 16. The van der Waals surface area contributed by atoms with Crippen molar-refractivity contribution in [3.63, 3.8) is 0 Å². The van der Waals surface area contributed by atoms with Crippen molar-refractivity contribution < 1.29 is 14.0 Å². The van der Waals surface area contributed by atoms with E-state index in [0.717, 1.165) is 6.42 Å². The Morgan fingerprint density at radius 3 is 1.57 bits per heavy atom. The number of nitrogens with zero attached hydrogens (tertiary/aromatic N) is 1. The molecule has 0 aromatic heterocycles. The van der Waals surface area contributed by atoms with Crippen LogP contribution in [-0.4, -0.2) is 43.2 Å². The van der Waals surface area contributed by atoms with E-state index in [1.165, 1.54) is 82.0 Å². The topological polar surface area (TPSA) is 26.3 Å². The molecule has 0 aliphatic heterocycles. The zero-order valence-electron chi connectivity index (χ0n) is 16.4. The van der Waals surface area contributed by atoms with Crippen LogP contribution in [0.5, 0.6) is 0 Å². The van der Waals surface area contributed by atoms with Crippen LogP contribution in [0.4, 0.5) is 0 Å². The van der Waals surface area contributed by atoms with Gasteiger partial charge in [0.05, 0.1) is 32.8 Å². The van der Waals surface area contributed by atoms with Crippen molar-refractivity contribution in [3.05, 3.63) is 0 Å². The van der Waals surface area contributed by atoms with E-state index in [4.69, 9.17) is 4.74 Å². The first-order chi connectivity index (χ1) is 11.1. The highest BCUT2D eigenvalue weighted by molar-refractivity contribution is 5.69. The molecule has 0 aliphatic carbocycles. The molecule has 23 heavy (non-hydrogen) atoms. The summed E-state index contributed by atoms with van der Waals surface area (Å²) in [5.74, 6) is -0.0341. The Labute approximate surface area is 145 Å². The van der Waals surface area contributed by atoms with Gasteiger partial charge in [0, 0.05) is 6.42 Å². The molecule has 0 fully saturated rings. The molecule has 0 aromatic rings. The lowest BCUT2D eigenvalue weighted by atomic mass is 10.1. The molecule has 3 heteroatoms. The number of quaternary nitrogens is 1. The summed E-state index contributed by atoms with van der Waals surface area (Å²) in [4.78, 5) is 11.2. The van der Waals surface area contributed by atoms with Gasteiger partial charge >= 0.3 is 5.97 Å². The van der Waals surface area contributed by atoms with Crippen LogP contribution in [0.1, 0.15) is 91.9 Å². The van der Waals surface area contributed by atoms with E-state index < -0.39 is 0 Å². The van der Waals surface area contributed by atoms with Gasteiger partial charge in [-0.1, -0.05) is 38.5 Å². The summed E-state index contributed by atoms with van der Waals surface area (Å²) in [5.41, 5.74) is 0. The highest BCUT2D eigenvalue weighted by Gasteiger charge is 2.19. The third-order valence-corrected chi connectivity index (χ3v) is 5.33. The Morgan fingerprint density at radius 1 is 0.696 bits per heavy atom. The summed E-state index contributed by atoms with van der Waals surface area (Å²) >= 11 is 0. The number of ether oxygens (including phenoxy) is 1. The Hall–Kier alpha value is -0.570. The largest absolute Gasteiger partial charge is 0.466 e. The normalized spacial score (nSPS) is 11.7. The fraction of sp³-hybridized carbons (Fsp3) is 0.950. The predicted octanol–water partition coefficient (Wildman–Crippen LogP) is 5.33. The highest BCUT2D eigenvalue weighted by Crippen LogP contribution is 2.13. The van der Waals surface area contributed by atoms with Crippen LogP contribution in [0, 0.1) is 0 Å². The van der Waals surface area contributed by atoms with Gasteiger partial charge in [0.2, 0.25) is 0 Å². The summed E-state index contributed by atoms with van der Waals surface area (Å²) in [5, 5.41) is 0. The van der Waals surface area contributed by atoms with E-state index in [2.05, 4.69) is 20.8 Å². The second kappa shape index (κ2) is 15.0. The number of hydrogen-bond acceptors (Lipinski definition) is 2. The van der Waals surface area contributed by atoms with Gasteiger partial charge in [0.15, 0.2) is 0 Å². The van der Waals surface area contributed by atoms with Crippen LogP contribution < -0.4 is 0 Å². The van der Waals surface area contributed by atoms with Crippen LogP contribution in [0.2, 0.25) is 0 Å². The van der Waals surface area contributed by atoms with Gasteiger partial charge in [-0.2, -0.15) is 0 Å². The molecule has 0 heterocycles. The standard InChI is InChI=1S/C20H42NO2/c1-5-21(6-2,7-3)19-17-15-13-11-9-10-12-14-16-18-20(22)23-8-4/h5-19H2,1-4H3/q+1. The maximum atomic E-state index is 11.2. The molecular weight excluding hydrogens is 286 g/mol. The lowest BCUT2D eigenvalue weighted by molar-refractivity contribution is -0.923. The molecule has 0 rings (SSSR count). The number of hydrogen-bond donors (Lipinski definition) is 0. The zero-order valence-corrected chi connectivity index (χ0v) is 16.4. The van der Waals surface area contributed by atoms with Crippen LogP contribution in [-0.2, 0) is 9.53 Å². The van der Waals surface area contributed by atoms with Crippen molar-refractivity contribution in [2.45, 2.75) is 91.9 Å². The molecule has 0 atom stereocenters. The van der Waals surface area contributed by atoms with Gasteiger partial charge in [-0.3, -0.25) is 4.79 Å². The predicted molar refractivity (Wildman–Crippen MR) is 99.6 cm³/mol. The first kappa shape index (κ1) is 22.4. The van der Waals surface area contributed by atoms with Crippen molar-refractivity contribution in [1.29, 1.82) is 0 Å². The van der Waals surface area contributed by atoms with Gasteiger partial charge in [-0.05, 0) is 47.0 Å². The minimum absolute atomic E-state index is 0.0341. The first-order valence-corrected chi connectivity index (χ1v) is 10.1. The van der Waals surface area contributed by atoms with Crippen molar-refractivity contribution in [2.24, 2.45) is 0 Å². The third kappa shape index (κ3) is 11.6. The molecule has 0 unspecified atom stereocenters. The second-order valence-corrected chi connectivity index (χ2v) is 6.75. The monoisotopic (exact) mass is 328 g/mol. The Bertz CT molecular complexity index is 267. The molecule has 138 valence electrons. The van der Waals surface area contributed by atoms with Gasteiger partial charge in [-0.25, -0.2) is 0 Å². The lowest BCUT2D eigenvalue weighted by Crippen LogP contribution is -2.48. The van der Waals surface area contributed by atoms with Gasteiger partial charge < -0.3 is 9.22 Å². The van der Waals surface area contributed by atoms with Crippen LogP contribution in [0.25, 0.3) is 0 Å². The molecule has 3 nitrogen and oxygen atoms in total. The van der Waals surface area contributed by atoms with Crippen LogP contribution >= 0.6 is 0 Å². The van der Waals surface area contributed by atoms with Crippen molar-refractivity contribution in [1.82, 2.24) is 0 Å². The van der Waals surface area contributed by atoms with Crippen LogP contribution in [0.3, 0.4) is 0 Å². The number of carbonyl (C=O) groups excluding carboxylic acids is 1. The lowest BCUT2D eigenvalue weighted by Gasteiger charge is -2.35. The van der Waals surface area contributed by atoms with E-state index in [9.17, 15) is 4.79 Å². The smallest absolute Gasteiger partial charge is 0.305 e.